The molecule has 3 aromatic rings. The van der Waals surface area contributed by atoms with Crippen LogP contribution in [0.2, 0.25) is 0 Å². The highest BCUT2D eigenvalue weighted by Crippen LogP contribution is 2.37. The van der Waals surface area contributed by atoms with E-state index in [0.29, 0.717) is 13.6 Å². The molecule has 0 fully saturated rings. The van der Waals surface area contributed by atoms with Crippen LogP contribution in [0.3, 0.4) is 0 Å². The van der Waals surface area contributed by atoms with E-state index >= 15 is 0 Å². The first-order chi connectivity index (χ1) is 14.4. The zero-order valence-electron chi connectivity index (χ0n) is 16.1. The maximum absolute atomic E-state index is 5.59. The number of hydrogen-bond acceptors (Lipinski definition) is 5. The normalized spacial score (nSPS) is 14.8. The summed E-state index contributed by atoms with van der Waals surface area (Å²) < 4.78 is 21.9. The van der Waals surface area contributed by atoms with Crippen molar-refractivity contribution >= 4 is 0 Å². The van der Waals surface area contributed by atoms with Crippen LogP contribution in [0.15, 0.2) is 66.7 Å². The molecule has 0 saturated heterocycles. The molecule has 3 aromatic carbocycles. The lowest BCUT2D eigenvalue weighted by molar-refractivity contribution is 0.173. The molecule has 0 amide bonds. The second-order valence-corrected chi connectivity index (χ2v) is 7.23. The summed E-state index contributed by atoms with van der Waals surface area (Å²) in [5.74, 6) is 3.58. The monoisotopic (exact) mass is 389 g/mol. The lowest BCUT2D eigenvalue weighted by atomic mass is 9.88. The molecule has 0 aliphatic carbocycles. The smallest absolute Gasteiger partial charge is 0.231 e. The van der Waals surface area contributed by atoms with Crippen LogP contribution in [0.5, 0.6) is 23.0 Å². The highest BCUT2D eigenvalue weighted by atomic mass is 16.7. The van der Waals surface area contributed by atoms with Gasteiger partial charge in [0.05, 0.1) is 0 Å². The zero-order valence-corrected chi connectivity index (χ0v) is 16.1. The Labute approximate surface area is 170 Å². The maximum atomic E-state index is 5.59. The summed E-state index contributed by atoms with van der Waals surface area (Å²) in [6.45, 7) is 2.29. The molecule has 2 aliphatic heterocycles. The predicted molar refractivity (Wildman–Crippen MR) is 110 cm³/mol. The van der Waals surface area contributed by atoms with E-state index in [1.807, 2.05) is 18.2 Å². The van der Waals surface area contributed by atoms with Crippen molar-refractivity contribution in [2.24, 2.45) is 0 Å². The van der Waals surface area contributed by atoms with Gasteiger partial charge in [-0.1, -0.05) is 42.5 Å². The molecule has 5 nitrogen and oxygen atoms in total. The van der Waals surface area contributed by atoms with Crippen LogP contribution < -0.4 is 24.3 Å². The van der Waals surface area contributed by atoms with Gasteiger partial charge in [0.15, 0.2) is 23.0 Å². The molecule has 5 heteroatoms. The standard InChI is InChI=1S/C24H23NO4/c1-2-4-18(5-3-1)20(19-7-9-22-24(13-19)29-16-27-22)10-11-25-14-17-6-8-21-23(12-17)28-15-26-21/h1-9,12-13,20,25H,10-11,14-16H2. The quantitative estimate of drug-likeness (QED) is 0.605. The first-order valence-electron chi connectivity index (χ1n) is 9.90. The number of nitrogens with one attached hydrogen (secondary N) is 1. The fraction of sp³-hybridized carbons (Fsp3) is 0.250. The zero-order chi connectivity index (χ0) is 19.5. The number of hydrogen-bond donors (Lipinski definition) is 1. The Morgan fingerprint density at radius 1 is 0.690 bits per heavy atom. The van der Waals surface area contributed by atoms with Gasteiger partial charge in [0.25, 0.3) is 0 Å². The van der Waals surface area contributed by atoms with Gasteiger partial charge in [-0.15, -0.1) is 0 Å². The second-order valence-electron chi connectivity index (χ2n) is 7.23. The third-order valence-corrected chi connectivity index (χ3v) is 5.38. The molecular formula is C24H23NO4. The van der Waals surface area contributed by atoms with E-state index < -0.39 is 0 Å². The topological polar surface area (TPSA) is 49.0 Å². The third-order valence-electron chi connectivity index (χ3n) is 5.38. The largest absolute Gasteiger partial charge is 0.454 e. The molecule has 0 saturated carbocycles. The van der Waals surface area contributed by atoms with Gasteiger partial charge in [-0.25, -0.2) is 0 Å². The van der Waals surface area contributed by atoms with E-state index in [-0.39, 0.29) is 5.92 Å². The van der Waals surface area contributed by atoms with Gasteiger partial charge < -0.3 is 24.3 Å². The molecule has 0 radical (unpaired) electrons. The average Bonchev–Trinajstić information content (AvgIpc) is 3.42. The molecule has 148 valence electrons. The Morgan fingerprint density at radius 2 is 1.38 bits per heavy atom. The number of benzene rings is 3. The van der Waals surface area contributed by atoms with Gasteiger partial charge in [-0.3, -0.25) is 0 Å². The van der Waals surface area contributed by atoms with Crippen molar-refractivity contribution in [3.05, 3.63) is 83.4 Å². The predicted octanol–water partition coefficient (Wildman–Crippen LogP) is 4.46. The SMILES string of the molecule is c1ccc(C(CCNCc2ccc3c(c2)OCO3)c2ccc3c(c2)OCO3)cc1. The van der Waals surface area contributed by atoms with E-state index in [9.17, 15) is 0 Å². The summed E-state index contributed by atoms with van der Waals surface area (Å²) in [6, 6.07) is 23.0. The van der Waals surface area contributed by atoms with Gasteiger partial charge in [-0.2, -0.15) is 0 Å². The number of rotatable bonds is 7. The lowest BCUT2D eigenvalue weighted by Gasteiger charge is -2.19. The van der Waals surface area contributed by atoms with Crippen LogP contribution in [0, 0.1) is 0 Å². The molecular weight excluding hydrogens is 366 g/mol. The number of ether oxygens (including phenoxy) is 4. The minimum absolute atomic E-state index is 0.287. The van der Waals surface area contributed by atoms with Crippen LogP contribution in [0.1, 0.15) is 29.0 Å². The highest BCUT2D eigenvalue weighted by molar-refractivity contribution is 5.47. The van der Waals surface area contributed by atoms with Crippen LogP contribution in [-0.4, -0.2) is 20.1 Å². The summed E-state index contributed by atoms with van der Waals surface area (Å²) >= 11 is 0. The van der Waals surface area contributed by atoms with Gasteiger partial charge in [0.2, 0.25) is 13.6 Å². The van der Waals surface area contributed by atoms with Crippen LogP contribution >= 0.6 is 0 Å². The number of fused-ring (bicyclic) bond motifs is 2. The summed E-state index contributed by atoms with van der Waals surface area (Å²) in [6.07, 6.45) is 0.980. The lowest BCUT2D eigenvalue weighted by Crippen LogP contribution is -2.17. The van der Waals surface area contributed by atoms with Gasteiger partial charge in [-0.05, 0) is 53.9 Å². The van der Waals surface area contributed by atoms with Crippen LogP contribution in [-0.2, 0) is 6.54 Å². The van der Waals surface area contributed by atoms with E-state index in [4.69, 9.17) is 18.9 Å². The van der Waals surface area contributed by atoms with Crippen molar-refractivity contribution in [2.45, 2.75) is 18.9 Å². The molecule has 0 spiro atoms. The summed E-state index contributed by atoms with van der Waals surface area (Å²) in [7, 11) is 0. The average molecular weight is 389 g/mol. The molecule has 2 aliphatic rings. The Bertz CT molecular complexity index is 989. The molecule has 1 unspecified atom stereocenters. The van der Waals surface area contributed by atoms with E-state index in [2.05, 4.69) is 53.8 Å². The van der Waals surface area contributed by atoms with Crippen molar-refractivity contribution in [3.8, 4) is 23.0 Å². The molecule has 29 heavy (non-hydrogen) atoms. The maximum Gasteiger partial charge on any atom is 0.231 e. The van der Waals surface area contributed by atoms with Crippen molar-refractivity contribution < 1.29 is 18.9 Å². The van der Waals surface area contributed by atoms with Gasteiger partial charge in [0, 0.05) is 12.5 Å². The third kappa shape index (κ3) is 3.87. The first kappa shape index (κ1) is 17.9. The van der Waals surface area contributed by atoms with E-state index in [0.717, 1.165) is 42.5 Å². The Hall–Kier alpha value is -3.18. The van der Waals surface area contributed by atoms with Crippen molar-refractivity contribution in [1.29, 1.82) is 0 Å². The molecule has 1 N–H and O–H groups in total. The summed E-state index contributed by atoms with van der Waals surface area (Å²) in [4.78, 5) is 0. The fourth-order valence-electron chi connectivity index (χ4n) is 3.87. The fourth-order valence-corrected chi connectivity index (χ4v) is 3.87. The van der Waals surface area contributed by atoms with Crippen LogP contribution in [0.4, 0.5) is 0 Å². The molecule has 0 bridgehead atoms. The summed E-state index contributed by atoms with van der Waals surface area (Å²) in [5.41, 5.74) is 3.73. The minimum atomic E-state index is 0.287. The van der Waals surface area contributed by atoms with Gasteiger partial charge >= 0.3 is 0 Å². The molecule has 2 heterocycles. The van der Waals surface area contributed by atoms with Gasteiger partial charge in [0.1, 0.15) is 0 Å². The van der Waals surface area contributed by atoms with Crippen molar-refractivity contribution in [2.75, 3.05) is 20.1 Å². The highest BCUT2D eigenvalue weighted by Gasteiger charge is 2.19. The Morgan fingerprint density at radius 3 is 2.17 bits per heavy atom. The molecule has 5 rings (SSSR count). The Kier molecular flexibility index (Phi) is 4.97. The van der Waals surface area contributed by atoms with Crippen molar-refractivity contribution in [1.82, 2.24) is 5.32 Å². The van der Waals surface area contributed by atoms with Crippen molar-refractivity contribution in [3.63, 3.8) is 0 Å². The summed E-state index contributed by atoms with van der Waals surface area (Å²) in [5, 5.41) is 3.56. The second kappa shape index (κ2) is 8.05. The molecule has 0 aromatic heterocycles. The Balaban J connectivity index is 1.26. The van der Waals surface area contributed by atoms with E-state index in [1.54, 1.807) is 0 Å². The first-order valence-corrected chi connectivity index (χ1v) is 9.90. The minimum Gasteiger partial charge on any atom is -0.454 e. The van der Waals surface area contributed by atoms with Crippen LogP contribution in [0.25, 0.3) is 0 Å². The van der Waals surface area contributed by atoms with E-state index in [1.165, 1.54) is 16.7 Å². The molecule has 1 atom stereocenters.